The highest BCUT2D eigenvalue weighted by molar-refractivity contribution is 7.92. The lowest BCUT2D eigenvalue weighted by Crippen LogP contribution is -2.39. The number of fused-ring (bicyclic) bond motifs is 1. The zero-order valence-corrected chi connectivity index (χ0v) is 19.0. The molecule has 33 heavy (non-hydrogen) atoms. The number of hydrogen-bond acceptors (Lipinski definition) is 4. The topological polar surface area (TPSA) is 78.8 Å². The van der Waals surface area contributed by atoms with E-state index in [0.717, 1.165) is 45.1 Å². The number of aryl methyl sites for hydroxylation is 2. The predicted octanol–water partition coefficient (Wildman–Crippen LogP) is 4.01. The van der Waals surface area contributed by atoms with Gasteiger partial charge in [-0.25, -0.2) is 13.8 Å². The number of benzene rings is 4. The van der Waals surface area contributed by atoms with Crippen molar-refractivity contribution in [2.75, 3.05) is 17.1 Å². The molecule has 1 N–H and O–H groups in total. The van der Waals surface area contributed by atoms with Crippen molar-refractivity contribution in [3.63, 3.8) is 0 Å². The van der Waals surface area contributed by atoms with Gasteiger partial charge in [0.05, 0.1) is 18.2 Å². The third-order valence-electron chi connectivity index (χ3n) is 6.03. The van der Waals surface area contributed by atoms with Gasteiger partial charge in [-0.15, -0.1) is 0 Å². The Bertz CT molecular complexity index is 1510. The molecule has 0 aliphatic heterocycles. The van der Waals surface area contributed by atoms with Crippen molar-refractivity contribution in [3.8, 4) is 0 Å². The summed E-state index contributed by atoms with van der Waals surface area (Å²) in [5.41, 5.74) is 6.52. The minimum Gasteiger partial charge on any atom is -0.271 e. The molecular weight excluding hydrogens is 434 g/mol. The summed E-state index contributed by atoms with van der Waals surface area (Å²) < 4.78 is 26.2. The van der Waals surface area contributed by atoms with Crippen molar-refractivity contribution in [2.45, 2.75) is 12.8 Å². The van der Waals surface area contributed by atoms with Crippen LogP contribution in [0.4, 0.5) is 5.69 Å². The van der Waals surface area contributed by atoms with Crippen LogP contribution in [0.15, 0.2) is 77.9 Å². The first-order chi connectivity index (χ1) is 15.9. The Morgan fingerprint density at radius 2 is 1.64 bits per heavy atom. The Kier molecular flexibility index (Phi) is 5.34. The summed E-state index contributed by atoms with van der Waals surface area (Å²) in [4.78, 5) is 12.7. The second-order valence-electron chi connectivity index (χ2n) is 8.21. The molecule has 0 spiro atoms. The van der Waals surface area contributed by atoms with E-state index in [9.17, 15) is 13.2 Å². The third-order valence-corrected chi connectivity index (χ3v) is 7.15. The second kappa shape index (κ2) is 8.33. The van der Waals surface area contributed by atoms with Crippen LogP contribution in [0.3, 0.4) is 0 Å². The van der Waals surface area contributed by atoms with E-state index in [1.54, 1.807) is 18.3 Å². The molecule has 0 unspecified atom stereocenters. The lowest BCUT2D eigenvalue weighted by atomic mass is 10.0. The summed E-state index contributed by atoms with van der Waals surface area (Å²) in [6.45, 7) is -0.367. The maximum Gasteiger partial charge on any atom is 0.260 e. The van der Waals surface area contributed by atoms with Crippen LogP contribution in [-0.4, -0.2) is 33.3 Å². The second-order valence-corrected chi connectivity index (χ2v) is 10.1. The molecule has 4 aromatic rings. The van der Waals surface area contributed by atoms with E-state index in [1.165, 1.54) is 16.5 Å². The van der Waals surface area contributed by atoms with E-state index in [4.69, 9.17) is 0 Å². The lowest BCUT2D eigenvalue weighted by Gasteiger charge is -2.23. The number of nitrogens with one attached hydrogen (secondary N) is 1. The standard InChI is InChI=1S/C26H23N3O3S/c1-33(31,32)29(24-11-5-7-18-6-2-3-9-22(18)24)17-25(30)28-27-16-21-15-14-20-13-12-19-8-4-10-23(21)26(19)20/h2-11,14-16H,12-13,17H2,1H3,(H,28,30)/b27-16+. The largest absolute Gasteiger partial charge is 0.271 e. The monoisotopic (exact) mass is 457 g/mol. The average Bonchev–Trinajstić information content (AvgIpc) is 3.23. The molecule has 1 aliphatic rings. The molecule has 0 bridgehead atoms. The van der Waals surface area contributed by atoms with Gasteiger partial charge in [-0.2, -0.15) is 5.10 Å². The van der Waals surface area contributed by atoms with E-state index in [1.807, 2.05) is 42.5 Å². The number of hydrogen-bond donors (Lipinski definition) is 1. The molecule has 166 valence electrons. The molecule has 5 rings (SSSR count). The minimum absolute atomic E-state index is 0.367. The van der Waals surface area contributed by atoms with Crippen LogP contribution in [-0.2, 0) is 27.7 Å². The number of hydrazone groups is 1. The SMILES string of the molecule is CS(=O)(=O)N(CC(=O)N/N=C/c1ccc2c3c(cccc13)CC2)c1cccc2ccccc12. The zero-order chi connectivity index (χ0) is 23.0. The number of sulfonamides is 1. The number of amides is 1. The van der Waals surface area contributed by atoms with Gasteiger partial charge in [0.1, 0.15) is 6.54 Å². The van der Waals surface area contributed by atoms with Gasteiger partial charge in [-0.3, -0.25) is 9.10 Å². The highest BCUT2D eigenvalue weighted by Gasteiger charge is 2.22. The summed E-state index contributed by atoms with van der Waals surface area (Å²) >= 11 is 0. The molecule has 0 fully saturated rings. The first-order valence-corrected chi connectivity index (χ1v) is 12.6. The van der Waals surface area contributed by atoms with Crippen LogP contribution < -0.4 is 9.73 Å². The quantitative estimate of drug-likeness (QED) is 0.351. The number of rotatable bonds is 6. The highest BCUT2D eigenvalue weighted by atomic mass is 32.2. The van der Waals surface area contributed by atoms with Crippen LogP contribution in [0.2, 0.25) is 0 Å². The zero-order valence-electron chi connectivity index (χ0n) is 18.2. The number of anilines is 1. The maximum absolute atomic E-state index is 12.7. The van der Waals surface area contributed by atoms with Crippen molar-refractivity contribution < 1.29 is 13.2 Å². The van der Waals surface area contributed by atoms with Gasteiger partial charge in [0.25, 0.3) is 5.91 Å². The highest BCUT2D eigenvalue weighted by Crippen LogP contribution is 2.32. The van der Waals surface area contributed by atoms with Crippen molar-refractivity contribution >= 4 is 49.4 Å². The first kappa shape index (κ1) is 21.2. The van der Waals surface area contributed by atoms with Gasteiger partial charge < -0.3 is 0 Å². The van der Waals surface area contributed by atoms with Gasteiger partial charge in [-0.05, 0) is 46.2 Å². The smallest absolute Gasteiger partial charge is 0.260 e. The molecule has 1 aliphatic carbocycles. The van der Waals surface area contributed by atoms with E-state index < -0.39 is 15.9 Å². The molecule has 4 aromatic carbocycles. The molecular formula is C26H23N3O3S. The van der Waals surface area contributed by atoms with Crippen molar-refractivity contribution in [2.24, 2.45) is 5.10 Å². The van der Waals surface area contributed by atoms with Gasteiger partial charge >= 0.3 is 0 Å². The van der Waals surface area contributed by atoms with Crippen molar-refractivity contribution in [3.05, 3.63) is 89.5 Å². The molecule has 7 heteroatoms. The van der Waals surface area contributed by atoms with Crippen molar-refractivity contribution in [1.82, 2.24) is 5.43 Å². The Morgan fingerprint density at radius 1 is 0.939 bits per heavy atom. The molecule has 6 nitrogen and oxygen atoms in total. The fraction of sp³-hybridized carbons (Fsp3) is 0.154. The summed E-state index contributed by atoms with van der Waals surface area (Å²) in [5.74, 6) is -0.518. The van der Waals surface area contributed by atoms with Gasteiger partial charge in [0.15, 0.2) is 0 Å². The molecule has 0 heterocycles. The summed E-state index contributed by atoms with van der Waals surface area (Å²) in [5, 5.41) is 8.15. The van der Waals surface area contributed by atoms with Crippen LogP contribution in [0.25, 0.3) is 21.5 Å². The average molecular weight is 458 g/mol. The van der Waals surface area contributed by atoms with Crippen LogP contribution in [0.1, 0.15) is 16.7 Å². The number of carbonyl (C=O) groups excluding carboxylic acids is 1. The predicted molar refractivity (Wildman–Crippen MR) is 133 cm³/mol. The summed E-state index contributed by atoms with van der Waals surface area (Å²) in [6.07, 6.45) is 4.79. The van der Waals surface area contributed by atoms with Gasteiger partial charge in [-0.1, -0.05) is 66.7 Å². The minimum atomic E-state index is -3.69. The van der Waals surface area contributed by atoms with E-state index >= 15 is 0 Å². The third kappa shape index (κ3) is 4.07. The van der Waals surface area contributed by atoms with Crippen LogP contribution in [0.5, 0.6) is 0 Å². The fourth-order valence-corrected chi connectivity index (χ4v) is 5.40. The number of nitrogens with zero attached hydrogens (tertiary/aromatic N) is 2. The van der Waals surface area contributed by atoms with E-state index in [0.29, 0.717) is 5.69 Å². The van der Waals surface area contributed by atoms with E-state index in [-0.39, 0.29) is 6.54 Å². The Labute approximate surface area is 192 Å². The normalized spacial score (nSPS) is 13.1. The van der Waals surface area contributed by atoms with Crippen molar-refractivity contribution in [1.29, 1.82) is 0 Å². The van der Waals surface area contributed by atoms with Gasteiger partial charge in [0, 0.05) is 10.9 Å². The molecule has 0 aromatic heterocycles. The molecule has 0 saturated heterocycles. The molecule has 0 atom stereocenters. The van der Waals surface area contributed by atoms with Crippen LogP contribution in [0, 0.1) is 0 Å². The van der Waals surface area contributed by atoms with E-state index in [2.05, 4.69) is 28.7 Å². The maximum atomic E-state index is 12.7. The molecule has 1 amide bonds. The molecule has 0 saturated carbocycles. The lowest BCUT2D eigenvalue weighted by molar-refractivity contribution is -0.119. The first-order valence-electron chi connectivity index (χ1n) is 10.7. The summed E-state index contributed by atoms with van der Waals surface area (Å²) in [7, 11) is -3.69. The molecule has 0 radical (unpaired) electrons. The fourth-order valence-electron chi connectivity index (χ4n) is 4.53. The number of carbonyl (C=O) groups is 1. The Balaban J connectivity index is 1.38. The Hall–Kier alpha value is -3.71. The Morgan fingerprint density at radius 3 is 2.45 bits per heavy atom. The van der Waals surface area contributed by atoms with Crippen LogP contribution >= 0.6 is 0 Å². The summed E-state index contributed by atoms with van der Waals surface area (Å²) in [6, 6.07) is 23.2. The van der Waals surface area contributed by atoms with Gasteiger partial charge in [0.2, 0.25) is 10.0 Å².